The topological polar surface area (TPSA) is 49.3 Å². The molecule has 3 nitrogen and oxygen atoms in total. The molecule has 108 valence electrons. The molecule has 3 heteroatoms. The van der Waals surface area contributed by atoms with E-state index in [9.17, 15) is 4.79 Å². The Balaban J connectivity index is 2.18. The van der Waals surface area contributed by atoms with E-state index in [1.807, 2.05) is 36.4 Å². The predicted molar refractivity (Wildman–Crippen MR) is 84.1 cm³/mol. The van der Waals surface area contributed by atoms with E-state index in [0.717, 1.165) is 11.1 Å². The average Bonchev–Trinajstić information content (AvgIpc) is 2.53. The second-order valence-electron chi connectivity index (χ2n) is 4.85. The van der Waals surface area contributed by atoms with Gasteiger partial charge in [0.25, 0.3) is 0 Å². The maximum Gasteiger partial charge on any atom is 0.330 e. The Morgan fingerprint density at radius 1 is 1.05 bits per heavy atom. The molecule has 2 N–H and O–H groups in total. The van der Waals surface area contributed by atoms with Gasteiger partial charge in [-0.1, -0.05) is 66.7 Å². The summed E-state index contributed by atoms with van der Waals surface area (Å²) in [5, 5.41) is 12.3. The van der Waals surface area contributed by atoms with Crippen molar-refractivity contribution in [3.63, 3.8) is 0 Å². The molecule has 2 aromatic rings. The zero-order chi connectivity index (χ0) is 15.1. The van der Waals surface area contributed by atoms with E-state index in [1.54, 1.807) is 13.0 Å². The third kappa shape index (κ3) is 4.29. The fourth-order valence-corrected chi connectivity index (χ4v) is 2.14. The summed E-state index contributed by atoms with van der Waals surface area (Å²) >= 11 is 0. The van der Waals surface area contributed by atoms with Crippen molar-refractivity contribution in [2.45, 2.75) is 13.0 Å². The lowest BCUT2D eigenvalue weighted by Crippen LogP contribution is -2.23. The van der Waals surface area contributed by atoms with E-state index in [2.05, 4.69) is 29.6 Å². The van der Waals surface area contributed by atoms with Crippen LogP contribution in [-0.4, -0.2) is 17.6 Å². The van der Waals surface area contributed by atoms with Gasteiger partial charge in [0.1, 0.15) is 0 Å². The fraction of sp³-hybridized carbons (Fsp3) is 0.167. The average molecular weight is 281 g/mol. The number of hydrogen-bond acceptors (Lipinski definition) is 2. The van der Waals surface area contributed by atoms with Crippen LogP contribution < -0.4 is 5.32 Å². The summed E-state index contributed by atoms with van der Waals surface area (Å²) in [6, 6.07) is 20.3. The lowest BCUT2D eigenvalue weighted by Gasteiger charge is -2.19. The van der Waals surface area contributed by atoms with E-state index in [0.29, 0.717) is 12.1 Å². The van der Waals surface area contributed by atoms with Crippen LogP contribution in [0.4, 0.5) is 0 Å². The van der Waals surface area contributed by atoms with Gasteiger partial charge in [0.2, 0.25) is 0 Å². The standard InChI is InChI=1S/C18H19NO2/c1-14(18(20)21)12-13-19-17(15-8-4-2-5-9-15)16-10-6-3-7-11-16/h2-12,17,19H,13H2,1H3,(H,20,21)/b14-12-. The van der Waals surface area contributed by atoms with Crippen LogP contribution in [0.2, 0.25) is 0 Å². The Bertz CT molecular complexity index is 566. The molecule has 0 unspecified atom stereocenters. The molecule has 2 aromatic carbocycles. The lowest BCUT2D eigenvalue weighted by atomic mass is 9.99. The van der Waals surface area contributed by atoms with Gasteiger partial charge in [0, 0.05) is 12.1 Å². The van der Waals surface area contributed by atoms with Gasteiger partial charge in [0.05, 0.1) is 6.04 Å². The molecule has 0 radical (unpaired) electrons. The Morgan fingerprint density at radius 2 is 1.52 bits per heavy atom. The third-order valence-corrected chi connectivity index (χ3v) is 3.33. The smallest absolute Gasteiger partial charge is 0.330 e. The molecule has 0 spiro atoms. The van der Waals surface area contributed by atoms with E-state index in [-0.39, 0.29) is 6.04 Å². The summed E-state index contributed by atoms with van der Waals surface area (Å²) in [5.41, 5.74) is 2.66. The first-order valence-corrected chi connectivity index (χ1v) is 6.92. The van der Waals surface area contributed by atoms with E-state index in [1.165, 1.54) is 0 Å². The van der Waals surface area contributed by atoms with Crippen molar-refractivity contribution in [1.82, 2.24) is 5.32 Å². The largest absolute Gasteiger partial charge is 0.478 e. The van der Waals surface area contributed by atoms with Crippen molar-refractivity contribution in [3.05, 3.63) is 83.4 Å². The van der Waals surface area contributed by atoms with Crippen LogP contribution in [0, 0.1) is 0 Å². The SMILES string of the molecule is C/C(=C/CNC(c1ccccc1)c1ccccc1)C(=O)O. The second kappa shape index (κ2) is 7.41. The van der Waals surface area contributed by atoms with Gasteiger partial charge in [-0.05, 0) is 18.1 Å². The van der Waals surface area contributed by atoms with Crippen molar-refractivity contribution in [2.24, 2.45) is 0 Å². The maximum absolute atomic E-state index is 10.8. The molecule has 0 heterocycles. The molecule has 0 amide bonds. The summed E-state index contributed by atoms with van der Waals surface area (Å²) in [6.07, 6.45) is 1.70. The zero-order valence-corrected chi connectivity index (χ0v) is 12.0. The highest BCUT2D eigenvalue weighted by Crippen LogP contribution is 2.21. The minimum Gasteiger partial charge on any atom is -0.478 e. The number of rotatable bonds is 6. The second-order valence-corrected chi connectivity index (χ2v) is 4.85. The highest BCUT2D eigenvalue weighted by Gasteiger charge is 2.12. The molecular formula is C18H19NO2. The molecule has 0 aromatic heterocycles. The molecule has 21 heavy (non-hydrogen) atoms. The summed E-state index contributed by atoms with van der Waals surface area (Å²) in [6.45, 7) is 2.11. The Hall–Kier alpha value is -2.39. The fourth-order valence-electron chi connectivity index (χ4n) is 2.14. The number of aliphatic carboxylic acids is 1. The molecule has 0 aliphatic rings. The van der Waals surface area contributed by atoms with Crippen LogP contribution in [-0.2, 0) is 4.79 Å². The predicted octanol–water partition coefficient (Wildman–Crippen LogP) is 3.40. The van der Waals surface area contributed by atoms with E-state index in [4.69, 9.17) is 5.11 Å². The summed E-state index contributed by atoms with van der Waals surface area (Å²) in [4.78, 5) is 10.8. The molecule has 0 aliphatic carbocycles. The normalized spacial score (nSPS) is 11.6. The van der Waals surface area contributed by atoms with E-state index >= 15 is 0 Å². The summed E-state index contributed by atoms with van der Waals surface area (Å²) in [7, 11) is 0. The molecule has 0 aliphatic heterocycles. The van der Waals surface area contributed by atoms with Gasteiger partial charge in [-0.15, -0.1) is 0 Å². The van der Waals surface area contributed by atoms with Gasteiger partial charge in [-0.3, -0.25) is 0 Å². The molecule has 0 saturated heterocycles. The zero-order valence-electron chi connectivity index (χ0n) is 12.0. The minimum atomic E-state index is -0.882. The van der Waals surface area contributed by atoms with Crippen LogP contribution in [0.3, 0.4) is 0 Å². The van der Waals surface area contributed by atoms with Gasteiger partial charge in [-0.25, -0.2) is 4.79 Å². The van der Waals surface area contributed by atoms with Crippen molar-refractivity contribution in [3.8, 4) is 0 Å². The summed E-state index contributed by atoms with van der Waals surface area (Å²) < 4.78 is 0. The van der Waals surface area contributed by atoms with E-state index < -0.39 is 5.97 Å². The molecule has 2 rings (SSSR count). The maximum atomic E-state index is 10.8. The Labute approximate surface area is 124 Å². The van der Waals surface area contributed by atoms with Crippen molar-refractivity contribution >= 4 is 5.97 Å². The number of benzene rings is 2. The molecule has 0 fully saturated rings. The highest BCUT2D eigenvalue weighted by atomic mass is 16.4. The monoisotopic (exact) mass is 281 g/mol. The van der Waals surface area contributed by atoms with Crippen LogP contribution in [0.1, 0.15) is 24.1 Å². The third-order valence-electron chi connectivity index (χ3n) is 3.33. The van der Waals surface area contributed by atoms with Gasteiger partial charge in [-0.2, -0.15) is 0 Å². The minimum absolute atomic E-state index is 0.0465. The lowest BCUT2D eigenvalue weighted by molar-refractivity contribution is -0.132. The molecule has 0 saturated carbocycles. The van der Waals surface area contributed by atoms with Crippen LogP contribution in [0.5, 0.6) is 0 Å². The number of carboxylic acids is 1. The van der Waals surface area contributed by atoms with Crippen LogP contribution in [0.15, 0.2) is 72.3 Å². The van der Waals surface area contributed by atoms with Crippen molar-refractivity contribution < 1.29 is 9.90 Å². The Morgan fingerprint density at radius 3 is 1.95 bits per heavy atom. The summed E-state index contributed by atoms with van der Waals surface area (Å²) in [5.74, 6) is -0.882. The number of carboxylic acid groups (broad SMARTS) is 1. The molecular weight excluding hydrogens is 262 g/mol. The molecule has 0 atom stereocenters. The highest BCUT2D eigenvalue weighted by molar-refractivity contribution is 5.85. The first-order chi connectivity index (χ1) is 10.2. The number of carbonyl (C=O) groups is 1. The quantitative estimate of drug-likeness (QED) is 0.798. The molecule has 0 bridgehead atoms. The Kier molecular flexibility index (Phi) is 5.29. The van der Waals surface area contributed by atoms with Crippen LogP contribution >= 0.6 is 0 Å². The van der Waals surface area contributed by atoms with Gasteiger partial charge < -0.3 is 10.4 Å². The first kappa shape index (κ1) is 15.0. The van der Waals surface area contributed by atoms with Crippen molar-refractivity contribution in [1.29, 1.82) is 0 Å². The first-order valence-electron chi connectivity index (χ1n) is 6.92. The number of nitrogens with one attached hydrogen (secondary N) is 1. The van der Waals surface area contributed by atoms with Gasteiger partial charge >= 0.3 is 5.97 Å². The number of hydrogen-bond donors (Lipinski definition) is 2. The van der Waals surface area contributed by atoms with Crippen LogP contribution in [0.25, 0.3) is 0 Å². The van der Waals surface area contributed by atoms with Crippen molar-refractivity contribution in [2.75, 3.05) is 6.54 Å². The van der Waals surface area contributed by atoms with Gasteiger partial charge in [0.15, 0.2) is 0 Å².